The molecule has 17 heavy (non-hydrogen) atoms. The van der Waals surface area contributed by atoms with Crippen LogP contribution in [0.15, 0.2) is 17.0 Å². The highest BCUT2D eigenvalue weighted by molar-refractivity contribution is 7.99. The normalized spacial score (nSPS) is 19.3. The van der Waals surface area contributed by atoms with Crippen LogP contribution in [-0.4, -0.2) is 25.4 Å². The molecule has 1 atom stereocenters. The fourth-order valence-corrected chi connectivity index (χ4v) is 4.07. The lowest BCUT2D eigenvalue weighted by Gasteiger charge is -2.37. The van der Waals surface area contributed by atoms with Crippen LogP contribution < -0.4 is 10.6 Å². The molecule has 0 amide bonds. The zero-order valence-corrected chi connectivity index (χ0v) is 11.8. The van der Waals surface area contributed by atoms with Crippen LogP contribution >= 0.6 is 11.8 Å². The second-order valence-corrected chi connectivity index (χ2v) is 6.00. The number of rotatable bonds is 3. The number of hydrogen-bond donors (Lipinski definition) is 1. The molecule has 1 aliphatic rings. The van der Waals surface area contributed by atoms with Crippen molar-refractivity contribution in [2.45, 2.75) is 37.6 Å². The molecule has 0 spiro atoms. The summed E-state index contributed by atoms with van der Waals surface area (Å²) in [6.07, 6.45) is 2.32. The second kappa shape index (κ2) is 5.32. The first kappa shape index (κ1) is 12.8. The molecular weight excluding hydrogens is 228 g/mol. The van der Waals surface area contributed by atoms with Gasteiger partial charge in [0.1, 0.15) is 0 Å². The number of benzene rings is 1. The fraction of sp³-hybridized carbons (Fsp3) is 0.571. The molecular formula is C14H22N2S. The van der Waals surface area contributed by atoms with E-state index >= 15 is 0 Å². The maximum Gasteiger partial charge on any atom is 0.0534 e. The predicted octanol–water partition coefficient (Wildman–Crippen LogP) is 2.95. The van der Waals surface area contributed by atoms with Gasteiger partial charge in [-0.3, -0.25) is 0 Å². The van der Waals surface area contributed by atoms with Crippen molar-refractivity contribution in [3.63, 3.8) is 0 Å². The number of nitrogens with zero attached hydrogens (tertiary/aromatic N) is 1. The SMILES string of the molecule is Cc1cc(C)c2c(c1)SCC(CCCN)N2C. The van der Waals surface area contributed by atoms with E-state index < -0.39 is 0 Å². The Morgan fingerprint density at radius 1 is 1.41 bits per heavy atom. The third-order valence-electron chi connectivity index (χ3n) is 3.48. The van der Waals surface area contributed by atoms with Gasteiger partial charge in [0.2, 0.25) is 0 Å². The molecule has 0 radical (unpaired) electrons. The van der Waals surface area contributed by atoms with Crippen molar-refractivity contribution in [3.05, 3.63) is 23.3 Å². The molecule has 94 valence electrons. The average molecular weight is 250 g/mol. The Morgan fingerprint density at radius 2 is 2.18 bits per heavy atom. The number of aryl methyl sites for hydroxylation is 2. The van der Waals surface area contributed by atoms with Gasteiger partial charge in [0.05, 0.1) is 5.69 Å². The highest BCUT2D eigenvalue weighted by Gasteiger charge is 2.24. The Balaban J connectivity index is 2.25. The lowest BCUT2D eigenvalue weighted by atomic mass is 10.1. The van der Waals surface area contributed by atoms with Gasteiger partial charge in [0.25, 0.3) is 0 Å². The Hall–Kier alpha value is -0.670. The molecule has 0 aromatic heterocycles. The van der Waals surface area contributed by atoms with Crippen LogP contribution in [0.25, 0.3) is 0 Å². The summed E-state index contributed by atoms with van der Waals surface area (Å²) in [4.78, 5) is 3.89. The van der Waals surface area contributed by atoms with Gasteiger partial charge >= 0.3 is 0 Å². The van der Waals surface area contributed by atoms with Crippen molar-refractivity contribution < 1.29 is 0 Å². The zero-order chi connectivity index (χ0) is 12.4. The van der Waals surface area contributed by atoms with Crippen LogP contribution in [0.2, 0.25) is 0 Å². The van der Waals surface area contributed by atoms with E-state index in [-0.39, 0.29) is 0 Å². The van der Waals surface area contributed by atoms with Gasteiger partial charge in [0.15, 0.2) is 0 Å². The van der Waals surface area contributed by atoms with Crippen molar-refractivity contribution in [3.8, 4) is 0 Å². The number of fused-ring (bicyclic) bond motifs is 1. The Kier molecular flexibility index (Phi) is 4.00. The van der Waals surface area contributed by atoms with E-state index in [9.17, 15) is 0 Å². The lowest BCUT2D eigenvalue weighted by Crippen LogP contribution is -2.37. The van der Waals surface area contributed by atoms with E-state index in [0.717, 1.165) is 13.0 Å². The largest absolute Gasteiger partial charge is 0.370 e. The minimum Gasteiger partial charge on any atom is -0.370 e. The minimum atomic E-state index is 0.637. The van der Waals surface area contributed by atoms with Crippen molar-refractivity contribution in [1.82, 2.24) is 0 Å². The molecule has 0 bridgehead atoms. The summed E-state index contributed by atoms with van der Waals surface area (Å²) in [5.74, 6) is 1.19. The standard InChI is InChI=1S/C14H22N2S/c1-10-7-11(2)14-13(8-10)17-9-12(16(14)3)5-4-6-15/h7-8,12H,4-6,9,15H2,1-3H3. The van der Waals surface area contributed by atoms with Crippen LogP contribution in [-0.2, 0) is 0 Å². The third kappa shape index (κ3) is 2.61. The molecule has 1 aromatic rings. The quantitative estimate of drug-likeness (QED) is 0.894. The summed E-state index contributed by atoms with van der Waals surface area (Å²) < 4.78 is 0. The van der Waals surface area contributed by atoms with E-state index in [2.05, 4.69) is 37.9 Å². The van der Waals surface area contributed by atoms with E-state index in [4.69, 9.17) is 5.73 Å². The minimum absolute atomic E-state index is 0.637. The van der Waals surface area contributed by atoms with Gasteiger partial charge < -0.3 is 10.6 Å². The number of nitrogens with two attached hydrogens (primary N) is 1. The lowest BCUT2D eigenvalue weighted by molar-refractivity contribution is 0.598. The summed E-state index contributed by atoms with van der Waals surface area (Å²) in [5, 5.41) is 0. The van der Waals surface area contributed by atoms with Crippen molar-refractivity contribution in [2.24, 2.45) is 5.73 Å². The van der Waals surface area contributed by atoms with Crippen LogP contribution in [0.1, 0.15) is 24.0 Å². The summed E-state index contributed by atoms with van der Waals surface area (Å²) in [7, 11) is 2.22. The van der Waals surface area contributed by atoms with Gasteiger partial charge in [-0.05, 0) is 50.4 Å². The Bertz CT molecular complexity index is 403. The fourth-order valence-electron chi connectivity index (χ4n) is 2.59. The molecule has 0 fully saturated rings. The van der Waals surface area contributed by atoms with Crippen LogP contribution in [0, 0.1) is 13.8 Å². The highest BCUT2D eigenvalue weighted by atomic mass is 32.2. The molecule has 0 aliphatic carbocycles. The van der Waals surface area contributed by atoms with E-state index in [1.165, 1.54) is 33.9 Å². The molecule has 2 rings (SSSR count). The number of anilines is 1. The summed E-state index contributed by atoms with van der Waals surface area (Å²) in [6, 6.07) is 5.22. The first-order valence-corrected chi connectivity index (χ1v) is 7.29. The van der Waals surface area contributed by atoms with E-state index in [0.29, 0.717) is 6.04 Å². The van der Waals surface area contributed by atoms with Crippen molar-refractivity contribution in [1.29, 1.82) is 0 Å². The topological polar surface area (TPSA) is 29.3 Å². The highest BCUT2D eigenvalue weighted by Crippen LogP contribution is 2.40. The van der Waals surface area contributed by atoms with Gasteiger partial charge in [-0.2, -0.15) is 0 Å². The molecule has 0 saturated heterocycles. The molecule has 1 unspecified atom stereocenters. The van der Waals surface area contributed by atoms with Crippen molar-refractivity contribution in [2.75, 3.05) is 24.2 Å². The first-order valence-electron chi connectivity index (χ1n) is 6.30. The van der Waals surface area contributed by atoms with Gasteiger partial charge in [-0.1, -0.05) is 6.07 Å². The molecule has 1 aliphatic heterocycles. The first-order chi connectivity index (χ1) is 8.13. The van der Waals surface area contributed by atoms with Gasteiger partial charge in [-0.25, -0.2) is 0 Å². The monoisotopic (exact) mass is 250 g/mol. The third-order valence-corrected chi connectivity index (χ3v) is 4.66. The molecule has 2 N–H and O–H groups in total. The Labute approximate surface area is 109 Å². The maximum atomic E-state index is 5.61. The number of thioether (sulfide) groups is 1. The molecule has 0 saturated carbocycles. The summed E-state index contributed by atoms with van der Waals surface area (Å²) >= 11 is 2.00. The molecule has 2 nitrogen and oxygen atoms in total. The molecule has 3 heteroatoms. The van der Waals surface area contributed by atoms with Gasteiger partial charge in [0, 0.05) is 23.7 Å². The van der Waals surface area contributed by atoms with Crippen LogP contribution in [0.3, 0.4) is 0 Å². The number of hydrogen-bond acceptors (Lipinski definition) is 3. The van der Waals surface area contributed by atoms with Crippen LogP contribution in [0.4, 0.5) is 5.69 Å². The summed E-state index contributed by atoms with van der Waals surface area (Å²) in [5.41, 5.74) is 9.79. The molecule has 1 heterocycles. The smallest absolute Gasteiger partial charge is 0.0534 e. The maximum absolute atomic E-state index is 5.61. The van der Waals surface area contributed by atoms with Crippen LogP contribution in [0.5, 0.6) is 0 Å². The molecule has 1 aromatic carbocycles. The Morgan fingerprint density at radius 3 is 2.88 bits per heavy atom. The average Bonchev–Trinajstić information content (AvgIpc) is 2.27. The predicted molar refractivity (Wildman–Crippen MR) is 77.1 cm³/mol. The van der Waals surface area contributed by atoms with Gasteiger partial charge in [-0.15, -0.1) is 11.8 Å². The van der Waals surface area contributed by atoms with E-state index in [1.807, 2.05) is 11.8 Å². The second-order valence-electron chi connectivity index (χ2n) is 4.94. The van der Waals surface area contributed by atoms with E-state index in [1.54, 1.807) is 0 Å². The summed E-state index contributed by atoms with van der Waals surface area (Å²) in [6.45, 7) is 5.19. The van der Waals surface area contributed by atoms with Crippen molar-refractivity contribution >= 4 is 17.4 Å². The zero-order valence-electron chi connectivity index (χ0n) is 11.0.